The van der Waals surface area contributed by atoms with E-state index in [4.69, 9.17) is 5.73 Å². The van der Waals surface area contributed by atoms with E-state index in [2.05, 4.69) is 5.32 Å². The first kappa shape index (κ1) is 16.5. The molecule has 1 amide bonds. The summed E-state index contributed by atoms with van der Waals surface area (Å²) in [6.45, 7) is 4.13. The van der Waals surface area contributed by atoms with Crippen molar-refractivity contribution in [2.24, 2.45) is 11.7 Å². The lowest BCUT2D eigenvalue weighted by Gasteiger charge is -2.16. The third kappa shape index (κ3) is 4.85. The number of carbonyl (C=O) groups excluding carboxylic acids is 1. The molecule has 1 aromatic carbocycles. The number of hydrogen-bond acceptors (Lipinski definition) is 2. The Kier molecular flexibility index (Phi) is 5.56. The van der Waals surface area contributed by atoms with Gasteiger partial charge in [-0.15, -0.1) is 0 Å². The van der Waals surface area contributed by atoms with Crippen LogP contribution in [0.3, 0.4) is 0 Å². The summed E-state index contributed by atoms with van der Waals surface area (Å²) in [5.41, 5.74) is 4.47. The van der Waals surface area contributed by atoms with E-state index in [1.54, 1.807) is 0 Å². The molecule has 0 fully saturated rings. The van der Waals surface area contributed by atoms with Gasteiger partial charge in [-0.2, -0.15) is 13.2 Å². The smallest absolute Gasteiger partial charge is 0.350 e. The summed E-state index contributed by atoms with van der Waals surface area (Å²) < 4.78 is 38.3. The average molecular weight is 288 g/mol. The molecule has 3 nitrogen and oxygen atoms in total. The van der Waals surface area contributed by atoms with Crippen LogP contribution in [0.15, 0.2) is 24.3 Å². The molecule has 0 saturated carbocycles. The van der Waals surface area contributed by atoms with Gasteiger partial charge in [0.2, 0.25) is 0 Å². The average Bonchev–Trinajstić information content (AvgIpc) is 2.34. The van der Waals surface area contributed by atoms with Crippen molar-refractivity contribution in [2.75, 3.05) is 6.54 Å². The Labute approximate surface area is 116 Å². The van der Waals surface area contributed by atoms with Crippen molar-refractivity contribution in [3.05, 3.63) is 35.4 Å². The third-order valence-corrected chi connectivity index (χ3v) is 2.78. The molecule has 0 saturated heterocycles. The molecule has 3 N–H and O–H groups in total. The number of benzene rings is 1. The van der Waals surface area contributed by atoms with Crippen LogP contribution in [0.2, 0.25) is 0 Å². The van der Waals surface area contributed by atoms with Crippen molar-refractivity contribution < 1.29 is 18.0 Å². The second-order valence-corrected chi connectivity index (χ2v) is 5.14. The first-order valence-electron chi connectivity index (χ1n) is 6.41. The van der Waals surface area contributed by atoms with Gasteiger partial charge in [-0.3, -0.25) is 4.79 Å². The number of nitrogens with one attached hydrogen (secondary N) is 1. The number of nitrogens with two attached hydrogens (primary N) is 1. The summed E-state index contributed by atoms with van der Waals surface area (Å²) >= 11 is 0. The van der Waals surface area contributed by atoms with E-state index in [9.17, 15) is 18.0 Å². The second kappa shape index (κ2) is 6.74. The fourth-order valence-electron chi connectivity index (χ4n) is 1.94. The first-order valence-corrected chi connectivity index (χ1v) is 6.41. The zero-order valence-corrected chi connectivity index (χ0v) is 11.5. The van der Waals surface area contributed by atoms with Gasteiger partial charge in [0.1, 0.15) is 0 Å². The first-order chi connectivity index (χ1) is 9.21. The predicted octanol–water partition coefficient (Wildman–Crippen LogP) is 2.81. The van der Waals surface area contributed by atoms with E-state index in [1.165, 1.54) is 12.1 Å². The van der Waals surface area contributed by atoms with Gasteiger partial charge >= 0.3 is 6.18 Å². The highest BCUT2D eigenvalue weighted by Gasteiger charge is 2.34. The molecular weight excluding hydrogens is 269 g/mol. The van der Waals surface area contributed by atoms with Crippen molar-refractivity contribution in [1.29, 1.82) is 0 Å². The van der Waals surface area contributed by atoms with Crippen LogP contribution in [0.25, 0.3) is 0 Å². The lowest BCUT2D eigenvalue weighted by molar-refractivity contribution is -0.137. The zero-order chi connectivity index (χ0) is 15.3. The number of halogens is 3. The Bertz CT molecular complexity index is 458. The quantitative estimate of drug-likeness (QED) is 0.875. The van der Waals surface area contributed by atoms with E-state index in [0.29, 0.717) is 12.3 Å². The van der Waals surface area contributed by atoms with Crippen LogP contribution in [0.5, 0.6) is 0 Å². The SMILES string of the molecule is CC(C)CC(N)CNC(=O)c1ccccc1C(F)(F)F. The summed E-state index contributed by atoms with van der Waals surface area (Å²) in [5.74, 6) is -0.388. The van der Waals surface area contributed by atoms with E-state index >= 15 is 0 Å². The lowest BCUT2D eigenvalue weighted by atomic mass is 10.0. The highest BCUT2D eigenvalue weighted by molar-refractivity contribution is 5.95. The summed E-state index contributed by atoms with van der Waals surface area (Å²) in [6, 6.07) is 4.44. The molecule has 0 radical (unpaired) electrons. The number of amides is 1. The van der Waals surface area contributed by atoms with Crippen molar-refractivity contribution >= 4 is 5.91 Å². The molecule has 1 aromatic rings. The Hall–Kier alpha value is -1.56. The lowest BCUT2D eigenvalue weighted by Crippen LogP contribution is -2.38. The third-order valence-electron chi connectivity index (χ3n) is 2.78. The number of rotatable bonds is 5. The fourth-order valence-corrected chi connectivity index (χ4v) is 1.94. The van der Waals surface area contributed by atoms with E-state index in [0.717, 1.165) is 12.1 Å². The van der Waals surface area contributed by atoms with Crippen molar-refractivity contribution in [3.8, 4) is 0 Å². The molecule has 0 aromatic heterocycles. The topological polar surface area (TPSA) is 55.1 Å². The molecule has 1 atom stereocenters. The van der Waals surface area contributed by atoms with Crippen molar-refractivity contribution in [2.45, 2.75) is 32.5 Å². The molecule has 20 heavy (non-hydrogen) atoms. The number of alkyl halides is 3. The molecule has 0 aliphatic rings. The summed E-state index contributed by atoms with van der Waals surface area (Å²) in [7, 11) is 0. The van der Waals surface area contributed by atoms with Crippen LogP contribution >= 0.6 is 0 Å². The van der Waals surface area contributed by atoms with Crippen LogP contribution in [0.4, 0.5) is 13.2 Å². The fraction of sp³-hybridized carbons (Fsp3) is 0.500. The molecule has 0 heterocycles. The van der Waals surface area contributed by atoms with Crippen LogP contribution in [0.1, 0.15) is 36.2 Å². The molecule has 0 bridgehead atoms. The maximum atomic E-state index is 12.8. The van der Waals surface area contributed by atoms with Gasteiger partial charge in [0.25, 0.3) is 5.91 Å². The number of carbonyl (C=O) groups is 1. The van der Waals surface area contributed by atoms with Crippen LogP contribution in [0, 0.1) is 5.92 Å². The Morgan fingerprint density at radius 1 is 1.30 bits per heavy atom. The van der Waals surface area contributed by atoms with Crippen LogP contribution in [-0.2, 0) is 6.18 Å². The zero-order valence-electron chi connectivity index (χ0n) is 11.5. The molecule has 0 spiro atoms. The Morgan fingerprint density at radius 2 is 1.90 bits per heavy atom. The Balaban J connectivity index is 2.74. The highest BCUT2D eigenvalue weighted by Crippen LogP contribution is 2.31. The van der Waals surface area contributed by atoms with Gasteiger partial charge in [-0.05, 0) is 24.5 Å². The standard InChI is InChI=1S/C14H19F3N2O/c1-9(2)7-10(18)8-19-13(20)11-5-3-4-6-12(11)14(15,16)17/h3-6,9-10H,7-8,18H2,1-2H3,(H,19,20). The van der Waals surface area contributed by atoms with E-state index in [1.807, 2.05) is 13.8 Å². The minimum absolute atomic E-state index is 0.156. The maximum absolute atomic E-state index is 12.8. The van der Waals surface area contributed by atoms with E-state index < -0.39 is 17.6 Å². The van der Waals surface area contributed by atoms with Crippen molar-refractivity contribution in [1.82, 2.24) is 5.32 Å². The van der Waals surface area contributed by atoms with Crippen LogP contribution < -0.4 is 11.1 Å². The van der Waals surface area contributed by atoms with Gasteiger partial charge in [0, 0.05) is 12.6 Å². The Morgan fingerprint density at radius 3 is 2.45 bits per heavy atom. The molecule has 6 heteroatoms. The molecule has 112 valence electrons. The molecule has 0 aliphatic carbocycles. The van der Waals surface area contributed by atoms with Gasteiger partial charge in [0.05, 0.1) is 11.1 Å². The number of hydrogen-bond donors (Lipinski definition) is 2. The summed E-state index contributed by atoms with van der Waals surface area (Å²) in [4.78, 5) is 11.8. The largest absolute Gasteiger partial charge is 0.417 e. The molecular formula is C14H19F3N2O. The predicted molar refractivity (Wildman–Crippen MR) is 71.2 cm³/mol. The van der Waals surface area contributed by atoms with Gasteiger partial charge in [-0.25, -0.2) is 0 Å². The van der Waals surface area contributed by atoms with Gasteiger partial charge < -0.3 is 11.1 Å². The normalized spacial score (nSPS) is 13.3. The van der Waals surface area contributed by atoms with Gasteiger partial charge in [-0.1, -0.05) is 26.0 Å². The minimum Gasteiger partial charge on any atom is -0.350 e. The minimum atomic E-state index is -4.55. The monoisotopic (exact) mass is 288 g/mol. The molecule has 1 rings (SSSR count). The maximum Gasteiger partial charge on any atom is 0.417 e. The van der Waals surface area contributed by atoms with Crippen molar-refractivity contribution in [3.63, 3.8) is 0 Å². The highest BCUT2D eigenvalue weighted by atomic mass is 19.4. The van der Waals surface area contributed by atoms with Crippen LogP contribution in [-0.4, -0.2) is 18.5 Å². The summed E-state index contributed by atoms with van der Waals surface area (Å²) in [6.07, 6.45) is -3.85. The van der Waals surface area contributed by atoms with E-state index in [-0.39, 0.29) is 18.2 Å². The van der Waals surface area contributed by atoms with Gasteiger partial charge in [0.15, 0.2) is 0 Å². The molecule has 0 aliphatic heterocycles. The second-order valence-electron chi connectivity index (χ2n) is 5.14. The summed E-state index contributed by atoms with van der Waals surface area (Å²) in [5, 5.41) is 2.45. The molecule has 1 unspecified atom stereocenters.